The minimum Gasteiger partial charge on any atom is -0.339 e. The number of anilines is 1. The van der Waals surface area contributed by atoms with E-state index < -0.39 is 10.0 Å². The number of hydrogen-bond donors (Lipinski definition) is 1. The molecule has 7 heteroatoms. The second-order valence-electron chi connectivity index (χ2n) is 5.12. The first-order valence-corrected chi connectivity index (χ1v) is 9.41. The average molecular weight is 367 g/mol. The SMILES string of the molecule is CCN(CC)C(=O)c1cccc(S(=O)(=O)Nc2ccc(Cl)cc2)c1. The van der Waals surface area contributed by atoms with E-state index in [1.165, 1.54) is 12.1 Å². The zero-order chi connectivity index (χ0) is 17.7. The summed E-state index contributed by atoms with van der Waals surface area (Å²) in [5.41, 5.74) is 0.748. The van der Waals surface area contributed by atoms with Gasteiger partial charge in [-0.15, -0.1) is 0 Å². The molecule has 2 rings (SSSR count). The molecule has 0 aliphatic heterocycles. The molecule has 2 aromatic rings. The molecule has 24 heavy (non-hydrogen) atoms. The summed E-state index contributed by atoms with van der Waals surface area (Å²) in [5, 5.41) is 0.518. The highest BCUT2D eigenvalue weighted by molar-refractivity contribution is 7.92. The molecule has 0 saturated heterocycles. The van der Waals surface area contributed by atoms with E-state index in [0.717, 1.165) is 0 Å². The van der Waals surface area contributed by atoms with Crippen LogP contribution in [0.15, 0.2) is 53.4 Å². The van der Waals surface area contributed by atoms with Crippen LogP contribution in [0.3, 0.4) is 0 Å². The first kappa shape index (κ1) is 18.3. The van der Waals surface area contributed by atoms with Gasteiger partial charge in [0.25, 0.3) is 15.9 Å². The molecule has 0 unspecified atom stereocenters. The molecule has 1 amide bonds. The van der Waals surface area contributed by atoms with Gasteiger partial charge in [0.1, 0.15) is 0 Å². The lowest BCUT2D eigenvalue weighted by Gasteiger charge is -2.19. The van der Waals surface area contributed by atoms with Crippen molar-refractivity contribution in [3.8, 4) is 0 Å². The second kappa shape index (κ2) is 7.68. The third-order valence-corrected chi connectivity index (χ3v) is 5.17. The summed E-state index contributed by atoms with van der Waals surface area (Å²) < 4.78 is 27.5. The number of benzene rings is 2. The van der Waals surface area contributed by atoms with Crippen molar-refractivity contribution in [3.05, 3.63) is 59.1 Å². The van der Waals surface area contributed by atoms with Gasteiger partial charge in [0.15, 0.2) is 0 Å². The smallest absolute Gasteiger partial charge is 0.261 e. The van der Waals surface area contributed by atoms with Gasteiger partial charge in [0.2, 0.25) is 0 Å². The molecular formula is C17H19ClN2O3S. The van der Waals surface area contributed by atoms with E-state index in [1.807, 2.05) is 13.8 Å². The molecule has 2 aromatic carbocycles. The fourth-order valence-corrected chi connectivity index (χ4v) is 3.45. The van der Waals surface area contributed by atoms with Crippen molar-refractivity contribution in [1.82, 2.24) is 4.90 Å². The lowest BCUT2D eigenvalue weighted by atomic mass is 10.2. The van der Waals surface area contributed by atoms with Gasteiger partial charge >= 0.3 is 0 Å². The second-order valence-corrected chi connectivity index (χ2v) is 7.24. The summed E-state index contributed by atoms with van der Waals surface area (Å²) in [6.45, 7) is 4.89. The minimum atomic E-state index is -3.79. The molecule has 0 aliphatic rings. The van der Waals surface area contributed by atoms with Crippen LogP contribution in [-0.4, -0.2) is 32.3 Å². The van der Waals surface area contributed by atoms with Gasteiger partial charge < -0.3 is 4.90 Å². The van der Waals surface area contributed by atoms with E-state index in [0.29, 0.717) is 29.4 Å². The number of rotatable bonds is 6. The molecule has 0 radical (unpaired) electrons. The molecule has 0 bridgehead atoms. The van der Waals surface area contributed by atoms with Crippen LogP contribution in [0, 0.1) is 0 Å². The van der Waals surface area contributed by atoms with Crippen molar-refractivity contribution in [2.75, 3.05) is 17.8 Å². The van der Waals surface area contributed by atoms with E-state index in [-0.39, 0.29) is 10.8 Å². The quantitative estimate of drug-likeness (QED) is 0.849. The first-order valence-electron chi connectivity index (χ1n) is 7.55. The Morgan fingerprint density at radius 3 is 2.29 bits per heavy atom. The number of nitrogens with zero attached hydrogens (tertiary/aromatic N) is 1. The molecule has 5 nitrogen and oxygen atoms in total. The van der Waals surface area contributed by atoms with E-state index in [1.54, 1.807) is 41.3 Å². The number of halogens is 1. The van der Waals surface area contributed by atoms with Gasteiger partial charge in [-0.2, -0.15) is 0 Å². The molecule has 0 aromatic heterocycles. The lowest BCUT2D eigenvalue weighted by molar-refractivity contribution is 0.0772. The van der Waals surface area contributed by atoms with Crippen molar-refractivity contribution in [2.45, 2.75) is 18.7 Å². The Hall–Kier alpha value is -2.05. The van der Waals surface area contributed by atoms with Crippen LogP contribution < -0.4 is 4.72 Å². The predicted molar refractivity (Wildman–Crippen MR) is 96.0 cm³/mol. The van der Waals surface area contributed by atoms with E-state index in [4.69, 9.17) is 11.6 Å². The Bertz CT molecular complexity index is 816. The van der Waals surface area contributed by atoms with Crippen molar-refractivity contribution < 1.29 is 13.2 Å². The molecule has 0 saturated carbocycles. The molecule has 0 atom stereocenters. The summed E-state index contributed by atoms with van der Waals surface area (Å²) >= 11 is 5.79. The van der Waals surface area contributed by atoms with Gasteiger partial charge in [-0.3, -0.25) is 9.52 Å². The van der Waals surface area contributed by atoms with Crippen molar-refractivity contribution in [3.63, 3.8) is 0 Å². The fraction of sp³-hybridized carbons (Fsp3) is 0.235. The predicted octanol–water partition coefficient (Wildman–Crippen LogP) is 3.62. The summed E-state index contributed by atoms with van der Waals surface area (Å²) in [5.74, 6) is -0.191. The molecule has 1 N–H and O–H groups in total. The summed E-state index contributed by atoms with van der Waals surface area (Å²) in [7, 11) is -3.79. The summed E-state index contributed by atoms with van der Waals surface area (Å²) in [6.07, 6.45) is 0. The van der Waals surface area contributed by atoms with Crippen molar-refractivity contribution in [2.24, 2.45) is 0 Å². The minimum absolute atomic E-state index is 0.0375. The van der Waals surface area contributed by atoms with Crippen LogP contribution >= 0.6 is 11.6 Å². The maximum absolute atomic E-state index is 12.5. The number of sulfonamides is 1. The van der Waals surface area contributed by atoms with Crippen LogP contribution in [0.2, 0.25) is 5.02 Å². The monoisotopic (exact) mass is 366 g/mol. The normalized spacial score (nSPS) is 11.1. The lowest BCUT2D eigenvalue weighted by Crippen LogP contribution is -2.30. The topological polar surface area (TPSA) is 66.5 Å². The zero-order valence-electron chi connectivity index (χ0n) is 13.5. The number of carbonyl (C=O) groups excluding carboxylic acids is 1. The summed E-state index contributed by atoms with van der Waals surface area (Å²) in [6, 6.07) is 12.4. The third-order valence-electron chi connectivity index (χ3n) is 3.54. The van der Waals surface area contributed by atoms with E-state index in [2.05, 4.69) is 4.72 Å². The first-order chi connectivity index (χ1) is 11.4. The van der Waals surface area contributed by atoms with Crippen molar-refractivity contribution in [1.29, 1.82) is 0 Å². The molecule has 0 fully saturated rings. The highest BCUT2D eigenvalue weighted by Gasteiger charge is 2.18. The number of nitrogens with one attached hydrogen (secondary N) is 1. The number of hydrogen-bond acceptors (Lipinski definition) is 3. The molecule has 0 heterocycles. The number of amides is 1. The van der Waals surface area contributed by atoms with Gasteiger partial charge in [-0.05, 0) is 56.3 Å². The van der Waals surface area contributed by atoms with Crippen LogP contribution in [0.1, 0.15) is 24.2 Å². The zero-order valence-corrected chi connectivity index (χ0v) is 15.1. The largest absolute Gasteiger partial charge is 0.339 e. The van der Waals surface area contributed by atoms with Gasteiger partial charge in [0.05, 0.1) is 4.90 Å². The standard InChI is InChI=1S/C17H19ClN2O3S/c1-3-20(4-2)17(21)13-6-5-7-16(12-13)24(22,23)19-15-10-8-14(18)9-11-15/h5-12,19H,3-4H2,1-2H3. The molecule has 0 spiro atoms. The maximum atomic E-state index is 12.5. The van der Waals surface area contributed by atoms with E-state index in [9.17, 15) is 13.2 Å². The molecular weight excluding hydrogens is 348 g/mol. The molecule has 0 aliphatic carbocycles. The Morgan fingerprint density at radius 1 is 1.08 bits per heavy atom. The van der Waals surface area contributed by atoms with Crippen LogP contribution in [0.25, 0.3) is 0 Å². The van der Waals surface area contributed by atoms with Crippen molar-refractivity contribution >= 4 is 33.2 Å². The Labute approximate surface area is 147 Å². The van der Waals surface area contributed by atoms with Crippen LogP contribution in [0.4, 0.5) is 5.69 Å². The van der Waals surface area contributed by atoms with E-state index >= 15 is 0 Å². The van der Waals surface area contributed by atoms with Gasteiger partial charge in [-0.25, -0.2) is 8.42 Å². The maximum Gasteiger partial charge on any atom is 0.261 e. The molecule has 128 valence electrons. The third kappa shape index (κ3) is 4.27. The average Bonchev–Trinajstić information content (AvgIpc) is 2.58. The Balaban J connectivity index is 2.29. The Morgan fingerprint density at radius 2 is 1.71 bits per heavy atom. The van der Waals surface area contributed by atoms with Gasteiger partial charge in [-0.1, -0.05) is 17.7 Å². The fourth-order valence-electron chi connectivity index (χ4n) is 2.22. The summed E-state index contributed by atoms with van der Waals surface area (Å²) in [4.78, 5) is 14.1. The highest BCUT2D eigenvalue weighted by Crippen LogP contribution is 2.19. The van der Waals surface area contributed by atoms with Crippen LogP contribution in [-0.2, 0) is 10.0 Å². The van der Waals surface area contributed by atoms with Gasteiger partial charge in [0, 0.05) is 29.4 Å². The number of carbonyl (C=O) groups is 1. The highest BCUT2D eigenvalue weighted by atomic mass is 35.5. The Kier molecular flexibility index (Phi) is 5.85. The van der Waals surface area contributed by atoms with Crippen LogP contribution in [0.5, 0.6) is 0 Å².